The molecular formula is C41H41F2N5O4. The third-order valence-electron chi connectivity index (χ3n) is 10.3. The summed E-state index contributed by atoms with van der Waals surface area (Å²) in [6.07, 6.45) is 0.624. The molecule has 0 saturated carbocycles. The zero-order chi connectivity index (χ0) is 36.5. The van der Waals surface area contributed by atoms with Crippen molar-refractivity contribution in [3.63, 3.8) is 0 Å². The van der Waals surface area contributed by atoms with Gasteiger partial charge in [0.25, 0.3) is 11.8 Å². The van der Waals surface area contributed by atoms with Crippen LogP contribution in [0.2, 0.25) is 0 Å². The van der Waals surface area contributed by atoms with Crippen LogP contribution in [0, 0.1) is 18.6 Å². The summed E-state index contributed by atoms with van der Waals surface area (Å²) in [4.78, 5) is 34.8. The van der Waals surface area contributed by atoms with Gasteiger partial charge in [0.05, 0.1) is 30.9 Å². The lowest BCUT2D eigenvalue weighted by Crippen LogP contribution is -2.52. The molecule has 0 spiro atoms. The number of halogens is 2. The number of amides is 2. The molecule has 2 aliphatic heterocycles. The molecular weight excluding hydrogens is 664 g/mol. The van der Waals surface area contributed by atoms with Gasteiger partial charge in [-0.1, -0.05) is 42.5 Å². The van der Waals surface area contributed by atoms with Crippen molar-refractivity contribution in [1.82, 2.24) is 14.4 Å². The number of morpholine rings is 1. The number of aromatic nitrogens is 1. The monoisotopic (exact) mass is 705 g/mol. The Morgan fingerprint density at radius 3 is 2.31 bits per heavy atom. The molecule has 0 bridgehead atoms. The molecule has 1 saturated heterocycles. The molecule has 0 aliphatic carbocycles. The van der Waals surface area contributed by atoms with E-state index in [4.69, 9.17) is 10.5 Å². The molecule has 5 aromatic rings. The van der Waals surface area contributed by atoms with Gasteiger partial charge in [-0.15, -0.1) is 0 Å². The average molecular weight is 706 g/mol. The number of carbonyl (C=O) groups is 2. The SMILES string of the molecule is Cc1c(C(=O)N(Cc2ccccc2N)c2ccc(O)cc2)cc(-c2cc(F)c(F)cc2C(=O)N2Cc3ccccc3C[C@H]2CN2CCOCC2)n1C. The predicted molar refractivity (Wildman–Crippen MR) is 196 cm³/mol. The summed E-state index contributed by atoms with van der Waals surface area (Å²) in [6, 6.07) is 25.0. The summed E-state index contributed by atoms with van der Waals surface area (Å²) in [5.74, 6) is -2.97. The Bertz CT molecular complexity index is 2130. The summed E-state index contributed by atoms with van der Waals surface area (Å²) in [5, 5.41) is 9.97. The topological polar surface area (TPSA) is 104 Å². The molecule has 1 fully saturated rings. The van der Waals surface area contributed by atoms with Crippen molar-refractivity contribution in [3.8, 4) is 17.0 Å². The molecule has 3 N–H and O–H groups in total. The number of nitrogens with zero attached hydrogens (tertiary/aromatic N) is 4. The number of aromatic hydroxyl groups is 1. The van der Waals surface area contributed by atoms with Crippen molar-refractivity contribution in [3.05, 3.63) is 136 Å². The summed E-state index contributed by atoms with van der Waals surface area (Å²) < 4.78 is 37.6. The summed E-state index contributed by atoms with van der Waals surface area (Å²) >= 11 is 0. The second-order valence-electron chi connectivity index (χ2n) is 13.5. The number of fused-ring (bicyclic) bond motifs is 1. The van der Waals surface area contributed by atoms with E-state index >= 15 is 8.78 Å². The van der Waals surface area contributed by atoms with Crippen LogP contribution in [-0.2, 0) is 31.3 Å². The number of phenolic OH excluding ortho intramolecular Hbond substituents is 1. The Morgan fingerprint density at radius 1 is 0.904 bits per heavy atom. The van der Waals surface area contributed by atoms with Gasteiger partial charge in [-0.05, 0) is 78.6 Å². The van der Waals surface area contributed by atoms with Crippen molar-refractivity contribution in [2.24, 2.45) is 7.05 Å². The number of carbonyl (C=O) groups excluding carboxylic acids is 2. The second kappa shape index (κ2) is 14.6. The molecule has 2 amide bonds. The van der Waals surface area contributed by atoms with Crippen molar-refractivity contribution in [1.29, 1.82) is 0 Å². The van der Waals surface area contributed by atoms with Gasteiger partial charge in [0.15, 0.2) is 11.6 Å². The second-order valence-corrected chi connectivity index (χ2v) is 13.5. The minimum Gasteiger partial charge on any atom is -0.508 e. The van der Waals surface area contributed by atoms with Crippen LogP contribution in [-0.4, -0.2) is 70.2 Å². The maximum Gasteiger partial charge on any atom is 0.260 e. The van der Waals surface area contributed by atoms with Gasteiger partial charge in [-0.25, -0.2) is 8.78 Å². The molecule has 11 heteroatoms. The number of rotatable bonds is 8. The zero-order valence-electron chi connectivity index (χ0n) is 29.2. The molecule has 3 heterocycles. The standard InChI is InChI=1S/C41H41F2N5O4/c1-26-33(40(50)47(30-11-13-32(49)14-12-30)24-29-9-5-6-10-38(29)44)22-39(45(26)2)34-20-36(42)37(43)21-35(34)41(51)48-23-28-8-4-3-7-27(28)19-31(48)25-46-15-17-52-18-16-46/h3-14,20-22,31,49H,15-19,23-25,44H2,1-2H3/t31-/m0/s1. The molecule has 1 atom stereocenters. The number of nitrogen functional groups attached to an aromatic ring is 1. The number of phenols is 1. The highest BCUT2D eigenvalue weighted by molar-refractivity contribution is 6.08. The van der Waals surface area contributed by atoms with Crippen LogP contribution < -0.4 is 10.6 Å². The van der Waals surface area contributed by atoms with Crippen LogP contribution in [0.1, 0.15) is 43.1 Å². The number of hydrogen-bond donors (Lipinski definition) is 2. The van der Waals surface area contributed by atoms with Crippen molar-refractivity contribution in [2.45, 2.75) is 32.5 Å². The van der Waals surface area contributed by atoms with E-state index in [9.17, 15) is 14.7 Å². The van der Waals surface area contributed by atoms with E-state index < -0.39 is 17.5 Å². The van der Waals surface area contributed by atoms with Gasteiger partial charge in [0, 0.05) is 67.6 Å². The molecule has 7 rings (SSSR count). The average Bonchev–Trinajstić information content (AvgIpc) is 3.45. The largest absolute Gasteiger partial charge is 0.508 e. The van der Waals surface area contributed by atoms with Crippen LogP contribution in [0.4, 0.5) is 20.2 Å². The lowest BCUT2D eigenvalue weighted by molar-refractivity contribution is 0.0193. The Morgan fingerprint density at radius 2 is 1.58 bits per heavy atom. The lowest BCUT2D eigenvalue weighted by atomic mass is 9.92. The number of nitrogens with two attached hydrogens (primary N) is 1. The predicted octanol–water partition coefficient (Wildman–Crippen LogP) is 6.31. The van der Waals surface area contributed by atoms with Crippen LogP contribution >= 0.6 is 0 Å². The Labute approximate surface area is 301 Å². The van der Waals surface area contributed by atoms with Crippen molar-refractivity contribution in [2.75, 3.05) is 43.5 Å². The van der Waals surface area contributed by atoms with Crippen LogP contribution in [0.5, 0.6) is 5.75 Å². The fraction of sp³-hybridized carbons (Fsp3) is 0.268. The molecule has 52 heavy (non-hydrogen) atoms. The first-order valence-corrected chi connectivity index (χ1v) is 17.4. The van der Waals surface area contributed by atoms with Crippen LogP contribution in [0.15, 0.2) is 91.0 Å². The van der Waals surface area contributed by atoms with E-state index in [0.717, 1.165) is 41.9 Å². The Kier molecular flexibility index (Phi) is 9.81. The van der Waals surface area contributed by atoms with Gasteiger partial charge in [0.2, 0.25) is 0 Å². The van der Waals surface area contributed by atoms with E-state index in [2.05, 4.69) is 11.0 Å². The molecule has 1 aromatic heterocycles. The quantitative estimate of drug-likeness (QED) is 0.184. The van der Waals surface area contributed by atoms with Gasteiger partial charge >= 0.3 is 0 Å². The maximum absolute atomic E-state index is 15.2. The van der Waals surface area contributed by atoms with E-state index in [-0.39, 0.29) is 35.4 Å². The normalized spacial score (nSPS) is 16.1. The van der Waals surface area contributed by atoms with E-state index in [1.807, 2.05) is 36.4 Å². The van der Waals surface area contributed by atoms with Crippen LogP contribution in [0.25, 0.3) is 11.3 Å². The van der Waals surface area contributed by atoms with E-state index in [0.29, 0.717) is 61.1 Å². The summed E-state index contributed by atoms with van der Waals surface area (Å²) in [6.45, 7) is 5.55. The van der Waals surface area contributed by atoms with Gasteiger partial charge in [-0.2, -0.15) is 0 Å². The maximum atomic E-state index is 15.2. The first-order valence-electron chi connectivity index (χ1n) is 17.4. The number of para-hydroxylation sites is 1. The van der Waals surface area contributed by atoms with Gasteiger partial charge < -0.3 is 29.9 Å². The minimum atomic E-state index is -1.13. The molecule has 9 nitrogen and oxygen atoms in total. The molecule has 268 valence electrons. The first kappa shape index (κ1) is 34.9. The Hall–Kier alpha value is -5.52. The first-order chi connectivity index (χ1) is 25.1. The van der Waals surface area contributed by atoms with Crippen LogP contribution in [0.3, 0.4) is 0 Å². The highest BCUT2D eigenvalue weighted by Crippen LogP contribution is 2.35. The zero-order valence-corrected chi connectivity index (χ0v) is 29.2. The smallest absolute Gasteiger partial charge is 0.260 e. The van der Waals surface area contributed by atoms with Crippen molar-refractivity contribution >= 4 is 23.2 Å². The molecule has 2 aliphatic rings. The van der Waals surface area contributed by atoms with Gasteiger partial charge in [0.1, 0.15) is 5.75 Å². The number of anilines is 2. The number of hydrogen-bond acceptors (Lipinski definition) is 6. The number of ether oxygens (including phenoxy) is 1. The van der Waals surface area contributed by atoms with Crippen molar-refractivity contribution < 1.29 is 28.2 Å². The fourth-order valence-electron chi connectivity index (χ4n) is 7.24. The lowest BCUT2D eigenvalue weighted by Gasteiger charge is -2.40. The highest BCUT2D eigenvalue weighted by atomic mass is 19.2. The fourth-order valence-corrected chi connectivity index (χ4v) is 7.24. The highest BCUT2D eigenvalue weighted by Gasteiger charge is 2.34. The summed E-state index contributed by atoms with van der Waals surface area (Å²) in [5.41, 5.74) is 11.6. The Balaban J connectivity index is 1.28. The van der Waals surface area contributed by atoms with Gasteiger partial charge in [-0.3, -0.25) is 14.5 Å². The third kappa shape index (κ3) is 6.89. The third-order valence-corrected chi connectivity index (χ3v) is 10.3. The molecule has 0 radical (unpaired) electrons. The minimum absolute atomic E-state index is 0.0114. The molecule has 0 unspecified atom stereocenters. The van der Waals surface area contributed by atoms with E-state index in [1.54, 1.807) is 52.6 Å². The van der Waals surface area contributed by atoms with E-state index in [1.165, 1.54) is 12.1 Å². The molecule has 4 aromatic carbocycles. The number of benzene rings is 4. The summed E-state index contributed by atoms with van der Waals surface area (Å²) in [7, 11) is 1.73.